The summed E-state index contributed by atoms with van der Waals surface area (Å²) in [7, 11) is 0. The predicted molar refractivity (Wildman–Crippen MR) is 79.1 cm³/mol. The van der Waals surface area contributed by atoms with Crippen molar-refractivity contribution >= 4 is 23.1 Å². The number of nitrogens with zero attached hydrogens (tertiary/aromatic N) is 1. The molecule has 0 bridgehead atoms. The Hall–Kier alpha value is -0.900. The molecule has 17 heavy (non-hydrogen) atoms. The standard InChI is InChI=1S/C13H23N3S/c1-5-6-15-11-7-12(9-14-8-11)16-10-13(2,3)17-4/h7-9,15-16H,5-6,10H2,1-4H3. The van der Waals surface area contributed by atoms with E-state index in [1.54, 1.807) is 0 Å². The highest BCUT2D eigenvalue weighted by Crippen LogP contribution is 2.22. The van der Waals surface area contributed by atoms with Crippen LogP contribution in [0.3, 0.4) is 0 Å². The van der Waals surface area contributed by atoms with Gasteiger partial charge in [0, 0.05) is 17.8 Å². The molecular weight excluding hydrogens is 230 g/mol. The summed E-state index contributed by atoms with van der Waals surface area (Å²) in [4.78, 5) is 4.23. The Morgan fingerprint density at radius 3 is 2.47 bits per heavy atom. The number of anilines is 2. The molecule has 3 nitrogen and oxygen atoms in total. The van der Waals surface area contributed by atoms with Crippen LogP contribution in [0.2, 0.25) is 0 Å². The second-order valence-corrected chi connectivity index (χ2v) is 6.22. The van der Waals surface area contributed by atoms with Crippen molar-refractivity contribution in [3.63, 3.8) is 0 Å². The van der Waals surface area contributed by atoms with Gasteiger partial charge in [0.1, 0.15) is 0 Å². The number of pyridine rings is 1. The molecule has 0 saturated carbocycles. The molecule has 0 unspecified atom stereocenters. The van der Waals surface area contributed by atoms with Gasteiger partial charge >= 0.3 is 0 Å². The summed E-state index contributed by atoms with van der Waals surface area (Å²) in [6.07, 6.45) is 6.99. The maximum Gasteiger partial charge on any atom is 0.0547 e. The summed E-state index contributed by atoms with van der Waals surface area (Å²) in [5.74, 6) is 0. The van der Waals surface area contributed by atoms with Crippen LogP contribution in [0.4, 0.5) is 11.4 Å². The molecule has 1 aromatic rings. The number of hydrogen-bond acceptors (Lipinski definition) is 4. The predicted octanol–water partition coefficient (Wildman–Crippen LogP) is 3.46. The molecule has 0 amide bonds. The largest absolute Gasteiger partial charge is 0.384 e. The van der Waals surface area contributed by atoms with E-state index in [4.69, 9.17) is 0 Å². The van der Waals surface area contributed by atoms with E-state index in [2.05, 4.69) is 48.7 Å². The Bertz CT molecular complexity index is 339. The van der Waals surface area contributed by atoms with Crippen molar-refractivity contribution in [2.45, 2.75) is 31.9 Å². The average Bonchev–Trinajstić information content (AvgIpc) is 2.35. The average molecular weight is 253 g/mol. The smallest absolute Gasteiger partial charge is 0.0547 e. The van der Waals surface area contributed by atoms with E-state index in [0.29, 0.717) is 0 Å². The summed E-state index contributed by atoms with van der Waals surface area (Å²) in [5.41, 5.74) is 2.16. The minimum absolute atomic E-state index is 0.243. The topological polar surface area (TPSA) is 37.0 Å². The first-order chi connectivity index (χ1) is 8.07. The molecule has 0 aliphatic rings. The van der Waals surface area contributed by atoms with Gasteiger partial charge in [-0.05, 0) is 32.6 Å². The van der Waals surface area contributed by atoms with E-state index in [9.17, 15) is 0 Å². The zero-order chi connectivity index (χ0) is 12.7. The Balaban J connectivity index is 2.53. The maximum absolute atomic E-state index is 4.23. The highest BCUT2D eigenvalue weighted by molar-refractivity contribution is 7.99. The molecule has 1 aromatic heterocycles. The highest BCUT2D eigenvalue weighted by Gasteiger charge is 2.15. The van der Waals surface area contributed by atoms with Crippen molar-refractivity contribution in [1.82, 2.24) is 4.98 Å². The van der Waals surface area contributed by atoms with Gasteiger partial charge in [-0.25, -0.2) is 0 Å². The summed E-state index contributed by atoms with van der Waals surface area (Å²) >= 11 is 1.87. The lowest BCUT2D eigenvalue weighted by Crippen LogP contribution is -2.25. The lowest BCUT2D eigenvalue weighted by atomic mass is 10.2. The number of hydrogen-bond donors (Lipinski definition) is 2. The van der Waals surface area contributed by atoms with Gasteiger partial charge in [-0.2, -0.15) is 11.8 Å². The van der Waals surface area contributed by atoms with Crippen LogP contribution in [0.25, 0.3) is 0 Å². The van der Waals surface area contributed by atoms with E-state index >= 15 is 0 Å². The van der Waals surface area contributed by atoms with Gasteiger partial charge in [0.05, 0.1) is 23.8 Å². The van der Waals surface area contributed by atoms with Crippen LogP contribution in [0.15, 0.2) is 18.5 Å². The first-order valence-electron chi connectivity index (χ1n) is 6.05. The summed E-state index contributed by atoms with van der Waals surface area (Å²) < 4.78 is 0.243. The van der Waals surface area contributed by atoms with E-state index in [-0.39, 0.29) is 4.75 Å². The van der Waals surface area contributed by atoms with E-state index in [0.717, 1.165) is 30.9 Å². The van der Waals surface area contributed by atoms with Crippen molar-refractivity contribution in [1.29, 1.82) is 0 Å². The van der Waals surface area contributed by atoms with Gasteiger partial charge in [-0.3, -0.25) is 4.98 Å². The molecule has 0 radical (unpaired) electrons. The van der Waals surface area contributed by atoms with Gasteiger partial charge in [0.15, 0.2) is 0 Å². The molecule has 96 valence electrons. The van der Waals surface area contributed by atoms with Crippen LogP contribution in [0, 0.1) is 0 Å². The monoisotopic (exact) mass is 253 g/mol. The van der Waals surface area contributed by atoms with Gasteiger partial charge in [-0.15, -0.1) is 0 Å². The number of aromatic nitrogens is 1. The molecular formula is C13H23N3S. The molecule has 1 heterocycles. The minimum Gasteiger partial charge on any atom is -0.384 e. The van der Waals surface area contributed by atoms with Crippen LogP contribution in [-0.4, -0.2) is 29.1 Å². The normalized spacial score (nSPS) is 11.3. The zero-order valence-electron chi connectivity index (χ0n) is 11.2. The Labute approximate surface area is 109 Å². The fourth-order valence-electron chi connectivity index (χ4n) is 1.29. The van der Waals surface area contributed by atoms with E-state index in [1.807, 2.05) is 24.2 Å². The molecule has 4 heteroatoms. The van der Waals surface area contributed by atoms with Crippen LogP contribution >= 0.6 is 11.8 Å². The first kappa shape index (κ1) is 14.2. The second-order valence-electron chi connectivity index (χ2n) is 4.71. The molecule has 0 saturated heterocycles. The van der Waals surface area contributed by atoms with Crippen molar-refractivity contribution < 1.29 is 0 Å². The fraction of sp³-hybridized carbons (Fsp3) is 0.615. The van der Waals surface area contributed by atoms with Crippen molar-refractivity contribution in [3.05, 3.63) is 18.5 Å². The van der Waals surface area contributed by atoms with Crippen molar-refractivity contribution in [3.8, 4) is 0 Å². The summed E-state index contributed by atoms with van der Waals surface area (Å²) in [6.45, 7) is 8.55. The molecule has 0 spiro atoms. The first-order valence-corrected chi connectivity index (χ1v) is 7.28. The number of rotatable bonds is 7. The van der Waals surface area contributed by atoms with E-state index in [1.165, 1.54) is 0 Å². The van der Waals surface area contributed by atoms with Crippen LogP contribution in [-0.2, 0) is 0 Å². The molecule has 0 aromatic carbocycles. The summed E-state index contributed by atoms with van der Waals surface area (Å²) in [6, 6.07) is 2.11. The van der Waals surface area contributed by atoms with Gasteiger partial charge < -0.3 is 10.6 Å². The second kappa shape index (κ2) is 6.74. The Morgan fingerprint density at radius 1 is 1.24 bits per heavy atom. The lowest BCUT2D eigenvalue weighted by Gasteiger charge is -2.23. The number of nitrogens with one attached hydrogen (secondary N) is 2. The van der Waals surface area contributed by atoms with Crippen LogP contribution < -0.4 is 10.6 Å². The van der Waals surface area contributed by atoms with Gasteiger partial charge in [0.25, 0.3) is 0 Å². The van der Waals surface area contributed by atoms with Crippen molar-refractivity contribution in [2.75, 3.05) is 30.0 Å². The summed E-state index contributed by atoms with van der Waals surface area (Å²) in [5, 5.41) is 6.77. The molecule has 0 aliphatic carbocycles. The third-order valence-corrected chi connectivity index (χ3v) is 3.84. The molecule has 0 aliphatic heterocycles. The third kappa shape index (κ3) is 5.31. The van der Waals surface area contributed by atoms with Crippen LogP contribution in [0.5, 0.6) is 0 Å². The van der Waals surface area contributed by atoms with Gasteiger partial charge in [-0.1, -0.05) is 6.92 Å². The SMILES string of the molecule is CCCNc1cncc(NCC(C)(C)SC)c1. The maximum atomic E-state index is 4.23. The fourth-order valence-corrected chi connectivity index (χ4v) is 1.51. The van der Waals surface area contributed by atoms with Crippen LogP contribution in [0.1, 0.15) is 27.2 Å². The highest BCUT2D eigenvalue weighted by atomic mass is 32.2. The molecule has 2 N–H and O–H groups in total. The lowest BCUT2D eigenvalue weighted by molar-refractivity contribution is 0.752. The zero-order valence-corrected chi connectivity index (χ0v) is 12.0. The molecule has 0 atom stereocenters. The molecule has 0 fully saturated rings. The Kier molecular flexibility index (Phi) is 5.62. The minimum atomic E-state index is 0.243. The molecule has 1 rings (SSSR count). The number of thioether (sulfide) groups is 1. The quantitative estimate of drug-likeness (QED) is 0.780. The Morgan fingerprint density at radius 2 is 1.88 bits per heavy atom. The van der Waals surface area contributed by atoms with Crippen molar-refractivity contribution in [2.24, 2.45) is 0 Å². The van der Waals surface area contributed by atoms with Gasteiger partial charge in [0.2, 0.25) is 0 Å². The van der Waals surface area contributed by atoms with E-state index < -0.39 is 0 Å². The third-order valence-electron chi connectivity index (χ3n) is 2.59.